The Morgan fingerprint density at radius 2 is 1.98 bits per heavy atom. The second kappa shape index (κ2) is 16.3. The molecule has 3 aromatic heterocycles. The SMILES string of the molecule is C=Cc1nn(C2CCCCO2)c2ccc(-c3cnn(C)c3OC(CC)CN(C)Cc3c(I)c(OCC)nn3CCO[Si](C)(C)C(C)(C)C)cc12. The number of hydrogen-bond acceptors (Lipinski definition) is 8. The van der Waals surface area contributed by atoms with Gasteiger partial charge in [-0.25, -0.2) is 9.36 Å². The zero-order valence-corrected chi connectivity index (χ0v) is 34.6. The van der Waals surface area contributed by atoms with Crippen LogP contribution in [0.3, 0.4) is 0 Å². The largest absolute Gasteiger partial charge is 0.476 e. The molecule has 2 atom stereocenters. The normalized spacial score (nSPS) is 16.3. The van der Waals surface area contributed by atoms with Gasteiger partial charge in [0.15, 0.2) is 14.5 Å². The quantitative estimate of drug-likeness (QED) is 0.0825. The van der Waals surface area contributed by atoms with Gasteiger partial charge in [-0.15, -0.1) is 5.10 Å². The minimum atomic E-state index is -1.87. The summed E-state index contributed by atoms with van der Waals surface area (Å²) in [5, 5.41) is 15.5. The second-order valence-corrected chi connectivity index (χ2v) is 20.6. The molecule has 1 aromatic carbocycles. The van der Waals surface area contributed by atoms with Crippen molar-refractivity contribution in [3.05, 3.63) is 45.9 Å². The lowest BCUT2D eigenvalue weighted by atomic mass is 10.1. The standard InChI is InChI=1S/C37H56IN7O4Si/c1-11-27(24-42(7)25-32-34(38)35(46-13-3)41-44(32)19-21-48-50(9,10)37(4,5)6)49-36-29(23-39-43(36)8)26-17-18-31-28(22-26)30(12-2)40-45(31)33-16-14-15-20-47-33/h12,17-18,22-23,27,33H,2,11,13-16,19-21,24-25H2,1,3-10H3. The molecule has 1 aliphatic rings. The fraction of sp³-hybridized carbons (Fsp3) is 0.595. The summed E-state index contributed by atoms with van der Waals surface area (Å²) >= 11 is 2.37. The van der Waals surface area contributed by atoms with Crippen molar-refractivity contribution >= 4 is 47.9 Å². The highest BCUT2D eigenvalue weighted by Crippen LogP contribution is 2.37. The highest BCUT2D eigenvalue weighted by atomic mass is 127. The molecule has 1 fully saturated rings. The summed E-state index contributed by atoms with van der Waals surface area (Å²) < 4.78 is 32.2. The van der Waals surface area contributed by atoms with E-state index in [0.29, 0.717) is 32.2 Å². The van der Waals surface area contributed by atoms with Crippen LogP contribution in [0.1, 0.15) is 77.9 Å². The molecule has 274 valence electrons. The van der Waals surface area contributed by atoms with Gasteiger partial charge in [-0.1, -0.05) is 40.3 Å². The van der Waals surface area contributed by atoms with Gasteiger partial charge in [0.1, 0.15) is 6.10 Å². The number of fused-ring (bicyclic) bond motifs is 1. The van der Waals surface area contributed by atoms with E-state index in [-0.39, 0.29) is 17.4 Å². The Balaban J connectivity index is 1.32. The third-order valence-corrected chi connectivity index (χ3v) is 15.7. The van der Waals surface area contributed by atoms with Crippen molar-refractivity contribution in [2.24, 2.45) is 7.05 Å². The first kappa shape index (κ1) is 38.5. The lowest BCUT2D eigenvalue weighted by Gasteiger charge is -2.36. The number of aromatic nitrogens is 6. The van der Waals surface area contributed by atoms with Crippen LogP contribution < -0.4 is 9.47 Å². The highest BCUT2D eigenvalue weighted by molar-refractivity contribution is 14.1. The molecule has 5 rings (SSSR count). The Labute approximate surface area is 312 Å². The molecule has 50 heavy (non-hydrogen) atoms. The van der Waals surface area contributed by atoms with Crippen molar-refractivity contribution in [1.82, 2.24) is 34.2 Å². The van der Waals surface area contributed by atoms with E-state index in [9.17, 15) is 0 Å². The van der Waals surface area contributed by atoms with E-state index in [1.807, 2.05) is 35.6 Å². The molecule has 0 amide bonds. The van der Waals surface area contributed by atoms with Gasteiger partial charge in [-0.2, -0.15) is 10.2 Å². The lowest BCUT2D eigenvalue weighted by molar-refractivity contribution is -0.0367. The third kappa shape index (κ3) is 8.49. The van der Waals surface area contributed by atoms with Gasteiger partial charge in [0.25, 0.3) is 0 Å². The van der Waals surface area contributed by atoms with Gasteiger partial charge in [-0.3, -0.25) is 9.58 Å². The molecule has 0 radical (unpaired) electrons. The van der Waals surface area contributed by atoms with E-state index in [4.69, 9.17) is 28.8 Å². The summed E-state index contributed by atoms with van der Waals surface area (Å²) in [6, 6.07) is 6.42. The zero-order valence-electron chi connectivity index (χ0n) is 31.5. The number of halogens is 1. The predicted octanol–water partition coefficient (Wildman–Crippen LogP) is 8.29. The van der Waals surface area contributed by atoms with Crippen LogP contribution in [0, 0.1) is 3.57 Å². The molecule has 11 nitrogen and oxygen atoms in total. The monoisotopic (exact) mass is 817 g/mol. The molecule has 4 heterocycles. The highest BCUT2D eigenvalue weighted by Gasteiger charge is 2.37. The van der Waals surface area contributed by atoms with E-state index in [0.717, 1.165) is 81.7 Å². The van der Waals surface area contributed by atoms with Crippen LogP contribution >= 0.6 is 22.6 Å². The third-order valence-electron chi connectivity index (χ3n) is 10.0. The first-order valence-corrected chi connectivity index (χ1v) is 21.9. The number of hydrogen-bond donors (Lipinski definition) is 0. The first-order valence-electron chi connectivity index (χ1n) is 17.9. The topological polar surface area (TPSA) is 93.6 Å². The van der Waals surface area contributed by atoms with Crippen molar-refractivity contribution < 1.29 is 18.6 Å². The maximum Gasteiger partial charge on any atom is 0.246 e. The van der Waals surface area contributed by atoms with Gasteiger partial charge in [-0.05, 0) is 104 Å². The second-order valence-electron chi connectivity index (χ2n) is 14.7. The average Bonchev–Trinajstić information content (AvgIpc) is 3.73. The van der Waals surface area contributed by atoms with Crippen LogP contribution in [0.15, 0.2) is 31.0 Å². The predicted molar refractivity (Wildman–Crippen MR) is 211 cm³/mol. The molecule has 1 saturated heterocycles. The fourth-order valence-electron chi connectivity index (χ4n) is 6.08. The Bertz CT molecular complexity index is 1750. The van der Waals surface area contributed by atoms with E-state index >= 15 is 0 Å². The number of rotatable bonds is 16. The molecule has 0 N–H and O–H groups in total. The molecule has 0 saturated carbocycles. The fourth-order valence-corrected chi connectivity index (χ4v) is 7.83. The van der Waals surface area contributed by atoms with Gasteiger partial charge < -0.3 is 18.6 Å². The summed E-state index contributed by atoms with van der Waals surface area (Å²) in [5.41, 5.74) is 4.99. The van der Waals surface area contributed by atoms with Crippen LogP contribution in [0.2, 0.25) is 18.1 Å². The summed E-state index contributed by atoms with van der Waals surface area (Å²) in [4.78, 5) is 2.30. The van der Waals surface area contributed by atoms with Crippen molar-refractivity contribution in [2.45, 2.75) is 104 Å². The number of aryl methyl sites for hydroxylation is 1. The average molecular weight is 818 g/mol. The minimum Gasteiger partial charge on any atom is -0.476 e. The summed E-state index contributed by atoms with van der Waals surface area (Å²) in [7, 11) is 2.20. The lowest BCUT2D eigenvalue weighted by Crippen LogP contribution is -2.41. The van der Waals surface area contributed by atoms with Crippen molar-refractivity contribution in [2.75, 3.05) is 33.4 Å². The molecule has 13 heteroatoms. The first-order chi connectivity index (χ1) is 23.8. The summed E-state index contributed by atoms with van der Waals surface area (Å²) in [5.74, 6) is 1.42. The molecule has 0 spiro atoms. The molecule has 1 aliphatic heterocycles. The summed E-state index contributed by atoms with van der Waals surface area (Å²) in [6.45, 7) is 23.6. The van der Waals surface area contributed by atoms with Crippen LogP contribution in [0.4, 0.5) is 0 Å². The number of benzene rings is 1. The van der Waals surface area contributed by atoms with E-state index < -0.39 is 8.32 Å². The van der Waals surface area contributed by atoms with Crippen LogP contribution in [0.5, 0.6) is 11.8 Å². The Kier molecular flexibility index (Phi) is 12.6. The molecular weight excluding hydrogens is 761 g/mol. The maximum atomic E-state index is 6.77. The maximum absolute atomic E-state index is 6.77. The van der Waals surface area contributed by atoms with Crippen LogP contribution in [-0.4, -0.2) is 82.1 Å². The Morgan fingerprint density at radius 3 is 2.64 bits per heavy atom. The molecule has 4 aromatic rings. The van der Waals surface area contributed by atoms with E-state index in [2.05, 4.69) is 110 Å². The molecule has 0 bridgehead atoms. The summed E-state index contributed by atoms with van der Waals surface area (Å²) in [6.07, 6.45) is 7.63. The van der Waals surface area contributed by atoms with Crippen LogP contribution in [-0.2, 0) is 29.3 Å². The Morgan fingerprint density at radius 1 is 1.20 bits per heavy atom. The zero-order chi connectivity index (χ0) is 36.2. The van der Waals surface area contributed by atoms with Gasteiger partial charge in [0.2, 0.25) is 11.8 Å². The van der Waals surface area contributed by atoms with Crippen molar-refractivity contribution in [1.29, 1.82) is 0 Å². The van der Waals surface area contributed by atoms with Gasteiger partial charge in [0.05, 0.1) is 52.0 Å². The van der Waals surface area contributed by atoms with Crippen LogP contribution in [0.25, 0.3) is 28.1 Å². The molecular formula is C37H56IN7O4Si. The van der Waals surface area contributed by atoms with Gasteiger partial charge in [0, 0.05) is 32.1 Å². The number of nitrogens with zero attached hydrogens (tertiary/aromatic N) is 7. The minimum absolute atomic E-state index is 0.0475. The number of likely N-dealkylation sites (N-methyl/N-ethyl adjacent to an activating group) is 1. The van der Waals surface area contributed by atoms with E-state index in [1.54, 1.807) is 0 Å². The number of ether oxygens (including phenoxy) is 3. The van der Waals surface area contributed by atoms with Crippen molar-refractivity contribution in [3.8, 4) is 22.9 Å². The van der Waals surface area contributed by atoms with E-state index in [1.165, 1.54) is 0 Å². The van der Waals surface area contributed by atoms with Crippen molar-refractivity contribution in [3.63, 3.8) is 0 Å². The Hall–Kier alpha value is -2.72. The van der Waals surface area contributed by atoms with Gasteiger partial charge >= 0.3 is 0 Å². The smallest absolute Gasteiger partial charge is 0.246 e. The molecule has 0 aliphatic carbocycles. The molecule has 2 unspecified atom stereocenters.